The van der Waals surface area contributed by atoms with Crippen LogP contribution in [0.2, 0.25) is 0 Å². The molecule has 1 aromatic heterocycles. The Morgan fingerprint density at radius 3 is 2.67 bits per heavy atom. The van der Waals surface area contributed by atoms with Crippen molar-refractivity contribution in [2.75, 3.05) is 12.4 Å². The highest BCUT2D eigenvalue weighted by atomic mass is 16.6. The van der Waals surface area contributed by atoms with Crippen molar-refractivity contribution in [2.24, 2.45) is 5.41 Å². The normalized spacial score (nSPS) is 25.8. The minimum atomic E-state index is -0.309. The fraction of sp³-hybridized carbons (Fsp3) is 0.722. The molecule has 2 aliphatic carbocycles. The molecule has 2 aliphatic rings. The second-order valence-corrected chi connectivity index (χ2v) is 7.91. The first kappa shape index (κ1) is 17.1. The number of anilines is 1. The molecule has 0 radical (unpaired) electrons. The topological polar surface area (TPSA) is 77.3 Å². The first-order valence-corrected chi connectivity index (χ1v) is 8.84. The molecule has 132 valence electrons. The monoisotopic (exact) mass is 333 g/mol. The molecule has 6 heteroatoms. The number of ether oxygens (including phenoxy) is 1. The van der Waals surface area contributed by atoms with Crippen molar-refractivity contribution in [3.63, 3.8) is 0 Å². The van der Waals surface area contributed by atoms with Crippen LogP contribution in [-0.4, -0.2) is 29.2 Å². The summed E-state index contributed by atoms with van der Waals surface area (Å²) in [5.41, 5.74) is 2.38. The standard InChI is InChI=1S/C18H27N3O3/c1-18(2)9-8-12-10-16(21(22)23)17(20-15(12)11-18)19-13-4-6-14(24-3)7-5-13/h10,13-14H,4-9,11H2,1-3H3,(H,19,20). The van der Waals surface area contributed by atoms with Crippen LogP contribution in [0.1, 0.15) is 57.2 Å². The Bertz CT molecular complexity index is 622. The van der Waals surface area contributed by atoms with Crippen LogP contribution in [-0.2, 0) is 17.6 Å². The van der Waals surface area contributed by atoms with Crippen molar-refractivity contribution in [1.82, 2.24) is 4.98 Å². The zero-order valence-corrected chi connectivity index (χ0v) is 14.8. The first-order chi connectivity index (χ1) is 11.4. The molecule has 1 saturated carbocycles. The maximum absolute atomic E-state index is 11.5. The Kier molecular flexibility index (Phi) is 4.76. The molecule has 0 spiro atoms. The molecule has 6 nitrogen and oxygen atoms in total. The van der Waals surface area contributed by atoms with Crippen LogP contribution < -0.4 is 5.32 Å². The van der Waals surface area contributed by atoms with Crippen LogP contribution in [0.15, 0.2) is 6.07 Å². The fourth-order valence-corrected chi connectivity index (χ4v) is 3.85. The molecular weight excluding hydrogens is 306 g/mol. The third-order valence-electron chi connectivity index (χ3n) is 5.43. The summed E-state index contributed by atoms with van der Waals surface area (Å²) in [5, 5.41) is 14.8. The van der Waals surface area contributed by atoms with Gasteiger partial charge in [-0.25, -0.2) is 4.98 Å². The highest BCUT2D eigenvalue weighted by Crippen LogP contribution is 2.37. The van der Waals surface area contributed by atoms with E-state index in [0.717, 1.165) is 56.2 Å². The molecule has 24 heavy (non-hydrogen) atoms. The van der Waals surface area contributed by atoms with E-state index >= 15 is 0 Å². The van der Waals surface area contributed by atoms with E-state index < -0.39 is 0 Å². The summed E-state index contributed by atoms with van der Waals surface area (Å²) in [4.78, 5) is 15.9. The molecule has 0 saturated heterocycles. The van der Waals surface area contributed by atoms with Gasteiger partial charge in [0.15, 0.2) is 0 Å². The van der Waals surface area contributed by atoms with Crippen molar-refractivity contribution in [1.29, 1.82) is 0 Å². The van der Waals surface area contributed by atoms with Crippen molar-refractivity contribution in [3.8, 4) is 0 Å². The summed E-state index contributed by atoms with van der Waals surface area (Å²) < 4.78 is 5.40. The van der Waals surface area contributed by atoms with E-state index in [9.17, 15) is 10.1 Å². The van der Waals surface area contributed by atoms with Gasteiger partial charge in [-0.15, -0.1) is 0 Å². The Hall–Kier alpha value is -1.69. The lowest BCUT2D eigenvalue weighted by Crippen LogP contribution is -2.30. The molecule has 1 aromatic rings. The molecule has 1 N–H and O–H groups in total. The quantitative estimate of drug-likeness (QED) is 0.668. The summed E-state index contributed by atoms with van der Waals surface area (Å²) >= 11 is 0. The number of rotatable bonds is 4. The number of nitrogens with one attached hydrogen (secondary N) is 1. The Morgan fingerprint density at radius 1 is 1.33 bits per heavy atom. The molecule has 0 amide bonds. The predicted octanol–water partition coefficient (Wildman–Crippen LogP) is 3.87. The molecule has 1 fully saturated rings. The number of nitrogens with zero attached hydrogens (tertiary/aromatic N) is 2. The number of aromatic nitrogens is 1. The molecule has 0 aromatic carbocycles. The Labute approximate surface area is 143 Å². The van der Waals surface area contributed by atoms with Gasteiger partial charge >= 0.3 is 5.69 Å². The molecule has 0 atom stereocenters. The van der Waals surface area contributed by atoms with E-state index in [4.69, 9.17) is 4.74 Å². The van der Waals surface area contributed by atoms with Gasteiger partial charge in [-0.2, -0.15) is 0 Å². The van der Waals surface area contributed by atoms with Crippen LogP contribution in [0, 0.1) is 15.5 Å². The molecule has 0 aliphatic heterocycles. The van der Waals surface area contributed by atoms with Gasteiger partial charge in [0.2, 0.25) is 5.82 Å². The van der Waals surface area contributed by atoms with Crippen LogP contribution in [0.4, 0.5) is 11.5 Å². The number of nitro groups is 1. The van der Waals surface area contributed by atoms with Crippen LogP contribution >= 0.6 is 0 Å². The maximum atomic E-state index is 11.5. The molecule has 0 bridgehead atoms. The number of aryl methyl sites for hydroxylation is 1. The van der Waals surface area contributed by atoms with Gasteiger partial charge in [0, 0.05) is 24.9 Å². The van der Waals surface area contributed by atoms with Gasteiger partial charge in [0.25, 0.3) is 0 Å². The van der Waals surface area contributed by atoms with Crippen LogP contribution in [0.25, 0.3) is 0 Å². The second-order valence-electron chi connectivity index (χ2n) is 7.91. The first-order valence-electron chi connectivity index (χ1n) is 8.84. The average Bonchev–Trinajstić information content (AvgIpc) is 2.54. The third kappa shape index (κ3) is 3.69. The Morgan fingerprint density at radius 2 is 2.04 bits per heavy atom. The minimum Gasteiger partial charge on any atom is -0.381 e. The SMILES string of the molecule is COC1CCC(Nc2nc3c(cc2[N+](=O)[O-])CCC(C)(C)C3)CC1. The molecular formula is C18H27N3O3. The highest BCUT2D eigenvalue weighted by Gasteiger charge is 2.30. The number of methoxy groups -OCH3 is 1. The zero-order valence-electron chi connectivity index (χ0n) is 14.8. The van der Waals surface area contributed by atoms with Crippen LogP contribution in [0.3, 0.4) is 0 Å². The summed E-state index contributed by atoms with van der Waals surface area (Å²) in [6.07, 6.45) is 7.00. The van der Waals surface area contributed by atoms with Crippen molar-refractivity contribution >= 4 is 11.5 Å². The molecule has 3 rings (SSSR count). The molecule has 1 heterocycles. The van der Waals surface area contributed by atoms with E-state index in [1.54, 1.807) is 13.2 Å². The Balaban J connectivity index is 1.82. The maximum Gasteiger partial charge on any atom is 0.311 e. The number of hydrogen-bond donors (Lipinski definition) is 1. The van der Waals surface area contributed by atoms with Gasteiger partial charge in [0.05, 0.1) is 11.0 Å². The number of fused-ring (bicyclic) bond motifs is 1. The lowest BCUT2D eigenvalue weighted by Gasteiger charge is -2.31. The van der Waals surface area contributed by atoms with Crippen molar-refractivity contribution in [3.05, 3.63) is 27.4 Å². The summed E-state index contributed by atoms with van der Waals surface area (Å²) in [5.74, 6) is 0.442. The largest absolute Gasteiger partial charge is 0.381 e. The van der Waals surface area contributed by atoms with Crippen molar-refractivity contribution in [2.45, 2.75) is 70.9 Å². The lowest BCUT2D eigenvalue weighted by atomic mass is 9.76. The average molecular weight is 333 g/mol. The van der Waals surface area contributed by atoms with Gasteiger partial charge in [-0.05, 0) is 55.9 Å². The van der Waals surface area contributed by atoms with Gasteiger partial charge in [-0.1, -0.05) is 13.8 Å². The predicted molar refractivity (Wildman–Crippen MR) is 93.4 cm³/mol. The summed E-state index contributed by atoms with van der Waals surface area (Å²) in [7, 11) is 1.75. The summed E-state index contributed by atoms with van der Waals surface area (Å²) in [6.45, 7) is 4.47. The molecule has 0 unspecified atom stereocenters. The van der Waals surface area contributed by atoms with Gasteiger partial charge in [-0.3, -0.25) is 10.1 Å². The van der Waals surface area contributed by atoms with E-state index in [1.807, 2.05) is 0 Å². The number of pyridine rings is 1. The third-order valence-corrected chi connectivity index (χ3v) is 5.43. The van der Waals surface area contributed by atoms with Crippen molar-refractivity contribution < 1.29 is 9.66 Å². The van der Waals surface area contributed by atoms with Gasteiger partial charge < -0.3 is 10.1 Å². The van der Waals surface area contributed by atoms with E-state index in [2.05, 4.69) is 24.1 Å². The summed E-state index contributed by atoms with van der Waals surface area (Å²) in [6, 6.07) is 1.97. The minimum absolute atomic E-state index is 0.113. The van der Waals surface area contributed by atoms with E-state index in [-0.39, 0.29) is 22.1 Å². The smallest absolute Gasteiger partial charge is 0.311 e. The van der Waals surface area contributed by atoms with E-state index in [0.29, 0.717) is 11.9 Å². The second kappa shape index (κ2) is 6.67. The van der Waals surface area contributed by atoms with Crippen LogP contribution in [0.5, 0.6) is 0 Å². The fourth-order valence-electron chi connectivity index (χ4n) is 3.85. The van der Waals surface area contributed by atoms with Gasteiger partial charge in [0.1, 0.15) is 0 Å². The zero-order chi connectivity index (χ0) is 17.3. The highest BCUT2D eigenvalue weighted by molar-refractivity contribution is 5.59. The van der Waals surface area contributed by atoms with E-state index in [1.165, 1.54) is 0 Å². The lowest BCUT2D eigenvalue weighted by molar-refractivity contribution is -0.384. The number of hydrogen-bond acceptors (Lipinski definition) is 5.